The Bertz CT molecular complexity index is 308. The van der Waals surface area contributed by atoms with Crippen molar-refractivity contribution in [1.29, 1.82) is 0 Å². The highest BCUT2D eigenvalue weighted by Crippen LogP contribution is 2.35. The van der Waals surface area contributed by atoms with E-state index in [0.717, 1.165) is 25.7 Å². The number of nitrogens with one attached hydrogen (secondary N) is 1. The molecule has 0 heterocycles. The zero-order valence-corrected chi connectivity index (χ0v) is 10.3. The van der Waals surface area contributed by atoms with Crippen LogP contribution in [0.3, 0.4) is 0 Å². The monoisotopic (exact) mass is 239 g/mol. The number of carbonyl (C=O) groups excluding carboxylic acids is 1. The number of amides is 1. The zero-order chi connectivity index (χ0) is 12.4. The van der Waals surface area contributed by atoms with Gasteiger partial charge in [0, 0.05) is 12.0 Å². The summed E-state index contributed by atoms with van der Waals surface area (Å²) in [5.74, 6) is -0.0757. The minimum atomic E-state index is -0.711. The molecule has 0 aromatic rings. The maximum atomic E-state index is 11.9. The van der Waals surface area contributed by atoms with E-state index in [4.69, 9.17) is 5.11 Å². The molecule has 0 bridgehead atoms. The van der Waals surface area contributed by atoms with Crippen LogP contribution in [0.25, 0.3) is 0 Å². The molecular formula is C13H21NO3. The van der Waals surface area contributed by atoms with Crippen molar-refractivity contribution in [3.63, 3.8) is 0 Å². The summed E-state index contributed by atoms with van der Waals surface area (Å²) < 4.78 is 0. The molecule has 4 heteroatoms. The first-order valence-corrected chi connectivity index (χ1v) is 6.65. The molecule has 2 saturated carbocycles. The number of hydrogen-bond acceptors (Lipinski definition) is 2. The van der Waals surface area contributed by atoms with Crippen molar-refractivity contribution < 1.29 is 14.7 Å². The van der Waals surface area contributed by atoms with Crippen LogP contribution in [0.5, 0.6) is 0 Å². The maximum Gasteiger partial charge on any atom is 0.306 e. The number of carboxylic acids is 1. The summed E-state index contributed by atoms with van der Waals surface area (Å²) >= 11 is 0. The largest absolute Gasteiger partial charge is 0.481 e. The van der Waals surface area contributed by atoms with Gasteiger partial charge in [-0.05, 0) is 38.0 Å². The highest BCUT2D eigenvalue weighted by molar-refractivity contribution is 5.80. The Hall–Kier alpha value is -1.06. The summed E-state index contributed by atoms with van der Waals surface area (Å²) in [5.41, 5.74) is 0. The van der Waals surface area contributed by atoms with E-state index in [2.05, 4.69) is 12.2 Å². The predicted octanol–water partition coefficient (Wildman–Crippen LogP) is 1.79. The lowest BCUT2D eigenvalue weighted by Gasteiger charge is -2.25. The first-order chi connectivity index (χ1) is 8.11. The molecular weight excluding hydrogens is 218 g/mol. The molecule has 96 valence electrons. The number of rotatable bonds is 4. The van der Waals surface area contributed by atoms with Crippen molar-refractivity contribution in [2.24, 2.45) is 17.8 Å². The Kier molecular flexibility index (Phi) is 3.69. The van der Waals surface area contributed by atoms with Crippen molar-refractivity contribution in [2.45, 2.75) is 51.5 Å². The minimum Gasteiger partial charge on any atom is -0.481 e. The molecule has 2 atom stereocenters. The van der Waals surface area contributed by atoms with Gasteiger partial charge in [-0.2, -0.15) is 0 Å². The van der Waals surface area contributed by atoms with E-state index in [1.807, 2.05) is 0 Å². The first kappa shape index (κ1) is 12.4. The van der Waals surface area contributed by atoms with E-state index in [-0.39, 0.29) is 17.7 Å². The smallest absolute Gasteiger partial charge is 0.306 e. The van der Waals surface area contributed by atoms with Gasteiger partial charge in [0.25, 0.3) is 0 Å². The predicted molar refractivity (Wildman–Crippen MR) is 63.4 cm³/mol. The second kappa shape index (κ2) is 5.07. The highest BCUT2D eigenvalue weighted by Gasteiger charge is 2.38. The normalized spacial score (nSPS) is 36.3. The van der Waals surface area contributed by atoms with Crippen LogP contribution in [0.2, 0.25) is 0 Å². The van der Waals surface area contributed by atoms with Crippen molar-refractivity contribution in [3.8, 4) is 0 Å². The zero-order valence-electron chi connectivity index (χ0n) is 10.3. The van der Waals surface area contributed by atoms with Crippen LogP contribution in [0.1, 0.15) is 45.4 Å². The topological polar surface area (TPSA) is 66.4 Å². The van der Waals surface area contributed by atoms with Crippen LogP contribution in [0.15, 0.2) is 0 Å². The SMILES string of the molecule is CCC1CC1NC(=O)C1CCC(C(=O)O)CC1. The van der Waals surface area contributed by atoms with Crippen LogP contribution < -0.4 is 5.32 Å². The van der Waals surface area contributed by atoms with Gasteiger partial charge in [0.05, 0.1) is 5.92 Å². The van der Waals surface area contributed by atoms with E-state index in [9.17, 15) is 9.59 Å². The Morgan fingerprint density at radius 2 is 1.76 bits per heavy atom. The second-order valence-corrected chi connectivity index (χ2v) is 5.41. The third kappa shape index (κ3) is 2.99. The summed E-state index contributed by atoms with van der Waals surface area (Å²) in [7, 11) is 0. The molecule has 17 heavy (non-hydrogen) atoms. The first-order valence-electron chi connectivity index (χ1n) is 6.65. The molecule has 0 radical (unpaired) electrons. The van der Waals surface area contributed by atoms with E-state index < -0.39 is 5.97 Å². The van der Waals surface area contributed by atoms with Gasteiger partial charge in [0.2, 0.25) is 5.91 Å². The Balaban J connectivity index is 1.73. The van der Waals surface area contributed by atoms with Gasteiger partial charge in [-0.3, -0.25) is 9.59 Å². The molecule has 1 amide bonds. The Labute approximate surface area is 102 Å². The van der Waals surface area contributed by atoms with Gasteiger partial charge in [-0.1, -0.05) is 13.3 Å². The van der Waals surface area contributed by atoms with Gasteiger partial charge >= 0.3 is 5.97 Å². The van der Waals surface area contributed by atoms with Crippen LogP contribution in [-0.2, 0) is 9.59 Å². The van der Waals surface area contributed by atoms with Gasteiger partial charge in [0.1, 0.15) is 0 Å². The molecule has 2 rings (SSSR count). The standard InChI is InChI=1S/C13H21NO3/c1-2-8-7-11(8)14-12(15)9-3-5-10(6-4-9)13(16)17/h8-11H,2-7H2,1H3,(H,14,15)(H,16,17). The van der Waals surface area contributed by atoms with Gasteiger partial charge in [0.15, 0.2) is 0 Å². The minimum absolute atomic E-state index is 0.0451. The summed E-state index contributed by atoms with van der Waals surface area (Å²) in [5, 5.41) is 12.0. The fourth-order valence-corrected chi connectivity index (χ4v) is 2.78. The molecule has 0 saturated heterocycles. The number of aliphatic carboxylic acids is 1. The summed E-state index contributed by atoms with van der Waals surface area (Å²) in [6, 6.07) is 0.393. The number of hydrogen-bond donors (Lipinski definition) is 2. The molecule has 0 aliphatic heterocycles. The Morgan fingerprint density at radius 1 is 1.18 bits per heavy atom. The molecule has 2 unspecified atom stereocenters. The molecule has 0 spiro atoms. The lowest BCUT2D eigenvalue weighted by Crippen LogP contribution is -2.36. The van der Waals surface area contributed by atoms with E-state index >= 15 is 0 Å². The molecule has 2 aliphatic carbocycles. The van der Waals surface area contributed by atoms with E-state index in [0.29, 0.717) is 24.8 Å². The summed E-state index contributed by atoms with van der Waals surface area (Å²) in [6.45, 7) is 2.15. The average Bonchev–Trinajstić information content (AvgIpc) is 3.07. The fourth-order valence-electron chi connectivity index (χ4n) is 2.78. The van der Waals surface area contributed by atoms with E-state index in [1.54, 1.807) is 0 Å². The molecule has 2 fully saturated rings. The molecule has 0 aromatic carbocycles. The number of carboxylic acid groups (broad SMARTS) is 1. The van der Waals surface area contributed by atoms with E-state index in [1.165, 1.54) is 0 Å². The van der Waals surface area contributed by atoms with Crippen LogP contribution >= 0.6 is 0 Å². The third-order valence-electron chi connectivity index (χ3n) is 4.22. The maximum absolute atomic E-state index is 11.9. The number of carbonyl (C=O) groups is 2. The lowest BCUT2D eigenvalue weighted by atomic mass is 9.81. The van der Waals surface area contributed by atoms with Gasteiger partial charge in [-0.25, -0.2) is 0 Å². The lowest BCUT2D eigenvalue weighted by molar-refractivity contribution is -0.144. The van der Waals surface area contributed by atoms with Crippen LogP contribution in [-0.4, -0.2) is 23.0 Å². The van der Waals surface area contributed by atoms with Crippen molar-refractivity contribution in [2.75, 3.05) is 0 Å². The van der Waals surface area contributed by atoms with Gasteiger partial charge in [-0.15, -0.1) is 0 Å². The van der Waals surface area contributed by atoms with Crippen molar-refractivity contribution in [3.05, 3.63) is 0 Å². The van der Waals surface area contributed by atoms with Crippen molar-refractivity contribution >= 4 is 11.9 Å². The summed E-state index contributed by atoms with van der Waals surface area (Å²) in [4.78, 5) is 22.7. The molecule has 0 aromatic heterocycles. The van der Waals surface area contributed by atoms with Crippen LogP contribution in [0.4, 0.5) is 0 Å². The molecule has 2 N–H and O–H groups in total. The van der Waals surface area contributed by atoms with Crippen molar-refractivity contribution in [1.82, 2.24) is 5.32 Å². The second-order valence-electron chi connectivity index (χ2n) is 5.41. The molecule has 4 nitrogen and oxygen atoms in total. The quantitative estimate of drug-likeness (QED) is 0.786. The third-order valence-corrected chi connectivity index (χ3v) is 4.22. The van der Waals surface area contributed by atoms with Crippen LogP contribution in [0, 0.1) is 17.8 Å². The van der Waals surface area contributed by atoms with Gasteiger partial charge < -0.3 is 10.4 Å². The molecule has 2 aliphatic rings. The fraction of sp³-hybridized carbons (Fsp3) is 0.846. The Morgan fingerprint density at radius 3 is 2.24 bits per heavy atom. The average molecular weight is 239 g/mol. The summed E-state index contributed by atoms with van der Waals surface area (Å²) in [6.07, 6.45) is 5.01. The highest BCUT2D eigenvalue weighted by atomic mass is 16.4.